The SMILES string of the molecule is C=C/C=C\C=C(/C)[C@H](CC)C[C@H](CC)N(C)/C=C(\C)c1ccccc1. The maximum atomic E-state index is 3.73. The Bertz CT molecular complexity index is 592. The minimum absolute atomic E-state index is 0.551. The van der Waals surface area contributed by atoms with E-state index in [-0.39, 0.29) is 0 Å². The highest BCUT2D eigenvalue weighted by atomic mass is 15.1. The first kappa shape index (κ1) is 21.0. The monoisotopic (exact) mass is 337 g/mol. The molecule has 0 aliphatic rings. The average molecular weight is 338 g/mol. The number of hydrogen-bond acceptors (Lipinski definition) is 1. The molecule has 2 atom stereocenters. The van der Waals surface area contributed by atoms with Crippen LogP contribution in [0, 0.1) is 5.92 Å². The van der Waals surface area contributed by atoms with Gasteiger partial charge in [0.25, 0.3) is 0 Å². The van der Waals surface area contributed by atoms with Gasteiger partial charge in [-0.15, -0.1) is 0 Å². The van der Waals surface area contributed by atoms with Crippen molar-refractivity contribution in [1.29, 1.82) is 0 Å². The van der Waals surface area contributed by atoms with Crippen LogP contribution in [0.1, 0.15) is 52.5 Å². The Hall–Kier alpha value is -2.02. The summed E-state index contributed by atoms with van der Waals surface area (Å²) in [5.74, 6) is 0.618. The molecule has 0 saturated heterocycles. The average Bonchev–Trinajstić information content (AvgIpc) is 2.63. The van der Waals surface area contributed by atoms with E-state index in [1.807, 2.05) is 12.2 Å². The van der Waals surface area contributed by atoms with Gasteiger partial charge >= 0.3 is 0 Å². The Kier molecular flexibility index (Phi) is 9.69. The second kappa shape index (κ2) is 11.5. The third-order valence-electron chi connectivity index (χ3n) is 4.97. The molecule has 0 saturated carbocycles. The minimum atomic E-state index is 0.551. The molecule has 1 rings (SSSR count). The van der Waals surface area contributed by atoms with Crippen LogP contribution in [0.4, 0.5) is 0 Å². The molecule has 0 amide bonds. The fourth-order valence-corrected chi connectivity index (χ4v) is 3.23. The van der Waals surface area contributed by atoms with Gasteiger partial charge in [-0.3, -0.25) is 0 Å². The lowest BCUT2D eigenvalue weighted by atomic mass is 9.89. The molecule has 0 spiro atoms. The fourth-order valence-electron chi connectivity index (χ4n) is 3.23. The molecule has 0 unspecified atom stereocenters. The molecule has 0 aromatic heterocycles. The van der Waals surface area contributed by atoms with Gasteiger partial charge in [0.2, 0.25) is 0 Å². The Labute approximate surface area is 155 Å². The van der Waals surface area contributed by atoms with Crippen molar-refractivity contribution in [3.05, 3.63) is 78.6 Å². The maximum absolute atomic E-state index is 3.73. The van der Waals surface area contributed by atoms with Crippen LogP contribution in [0.3, 0.4) is 0 Å². The lowest BCUT2D eigenvalue weighted by molar-refractivity contribution is 0.273. The molecule has 1 nitrogen and oxygen atoms in total. The van der Waals surface area contributed by atoms with Crippen molar-refractivity contribution in [2.24, 2.45) is 5.92 Å². The highest BCUT2D eigenvalue weighted by molar-refractivity contribution is 5.63. The van der Waals surface area contributed by atoms with Gasteiger partial charge in [-0.25, -0.2) is 0 Å². The van der Waals surface area contributed by atoms with Crippen molar-refractivity contribution in [3.8, 4) is 0 Å². The lowest BCUT2D eigenvalue weighted by Gasteiger charge is -2.30. The summed E-state index contributed by atoms with van der Waals surface area (Å²) < 4.78 is 0. The fraction of sp³-hybridized carbons (Fsp3) is 0.417. The van der Waals surface area contributed by atoms with E-state index in [4.69, 9.17) is 0 Å². The molecule has 1 aromatic rings. The molecule has 25 heavy (non-hydrogen) atoms. The van der Waals surface area contributed by atoms with Crippen molar-refractivity contribution in [1.82, 2.24) is 4.90 Å². The van der Waals surface area contributed by atoms with E-state index in [0.29, 0.717) is 12.0 Å². The first-order valence-corrected chi connectivity index (χ1v) is 9.45. The van der Waals surface area contributed by atoms with Gasteiger partial charge in [0, 0.05) is 19.3 Å². The molecule has 1 aromatic carbocycles. The van der Waals surface area contributed by atoms with E-state index in [1.54, 1.807) is 0 Å². The maximum Gasteiger partial charge on any atom is 0.0284 e. The van der Waals surface area contributed by atoms with E-state index < -0.39 is 0 Å². The summed E-state index contributed by atoms with van der Waals surface area (Å²) >= 11 is 0. The zero-order valence-electron chi connectivity index (χ0n) is 16.7. The molecular formula is C24H35N. The van der Waals surface area contributed by atoms with Crippen molar-refractivity contribution in [3.63, 3.8) is 0 Å². The second-order valence-electron chi connectivity index (χ2n) is 6.78. The van der Waals surface area contributed by atoms with Crippen LogP contribution in [0.2, 0.25) is 0 Å². The van der Waals surface area contributed by atoms with Gasteiger partial charge in [0.05, 0.1) is 0 Å². The van der Waals surface area contributed by atoms with Gasteiger partial charge in [0.1, 0.15) is 0 Å². The molecule has 0 radical (unpaired) electrons. The highest BCUT2D eigenvalue weighted by Crippen LogP contribution is 2.25. The number of nitrogens with zero attached hydrogens (tertiary/aromatic N) is 1. The van der Waals surface area contributed by atoms with Crippen LogP contribution < -0.4 is 0 Å². The molecule has 0 fully saturated rings. The molecule has 0 bridgehead atoms. The zero-order valence-corrected chi connectivity index (χ0v) is 16.7. The topological polar surface area (TPSA) is 3.24 Å². The molecule has 0 N–H and O–H groups in total. The van der Waals surface area contributed by atoms with Crippen LogP contribution in [0.15, 0.2) is 73.0 Å². The van der Waals surface area contributed by atoms with Crippen LogP contribution in [-0.4, -0.2) is 18.0 Å². The Morgan fingerprint density at radius 1 is 1.08 bits per heavy atom. The highest BCUT2D eigenvalue weighted by Gasteiger charge is 2.17. The number of allylic oxidation sites excluding steroid dienone is 6. The second-order valence-corrected chi connectivity index (χ2v) is 6.78. The van der Waals surface area contributed by atoms with Gasteiger partial charge in [-0.05, 0) is 50.2 Å². The largest absolute Gasteiger partial charge is 0.377 e. The summed E-state index contributed by atoms with van der Waals surface area (Å²) in [4.78, 5) is 2.40. The van der Waals surface area contributed by atoms with Crippen molar-refractivity contribution < 1.29 is 0 Å². The summed E-state index contributed by atoms with van der Waals surface area (Å²) in [6.07, 6.45) is 14.0. The van der Waals surface area contributed by atoms with Crippen LogP contribution >= 0.6 is 0 Å². The van der Waals surface area contributed by atoms with Crippen LogP contribution in [-0.2, 0) is 0 Å². The quantitative estimate of drug-likeness (QED) is 0.421. The molecule has 0 heterocycles. The summed E-state index contributed by atoms with van der Waals surface area (Å²) in [7, 11) is 2.21. The minimum Gasteiger partial charge on any atom is -0.377 e. The number of rotatable bonds is 10. The Morgan fingerprint density at radius 2 is 1.76 bits per heavy atom. The lowest BCUT2D eigenvalue weighted by Crippen LogP contribution is -2.29. The van der Waals surface area contributed by atoms with Gasteiger partial charge in [0.15, 0.2) is 0 Å². The van der Waals surface area contributed by atoms with Gasteiger partial charge in [-0.2, -0.15) is 0 Å². The predicted molar refractivity (Wildman–Crippen MR) is 113 cm³/mol. The summed E-state index contributed by atoms with van der Waals surface area (Å²) in [5, 5.41) is 0. The van der Waals surface area contributed by atoms with Crippen LogP contribution in [0.25, 0.3) is 5.57 Å². The van der Waals surface area contributed by atoms with E-state index in [9.17, 15) is 0 Å². The summed E-state index contributed by atoms with van der Waals surface area (Å²) in [6.45, 7) is 12.8. The van der Waals surface area contributed by atoms with E-state index in [2.05, 4.69) is 94.9 Å². The number of hydrogen-bond donors (Lipinski definition) is 0. The molecule has 136 valence electrons. The van der Waals surface area contributed by atoms with Crippen molar-refractivity contribution in [2.45, 2.75) is 53.0 Å². The molecule has 0 aliphatic heterocycles. The zero-order chi connectivity index (χ0) is 18.7. The Balaban J connectivity index is 2.83. The normalized spacial score (nSPS) is 15.2. The first-order chi connectivity index (χ1) is 12.0. The first-order valence-electron chi connectivity index (χ1n) is 9.45. The predicted octanol–water partition coefficient (Wildman–Crippen LogP) is 6.86. The van der Waals surface area contributed by atoms with E-state index >= 15 is 0 Å². The standard InChI is InChI=1S/C24H35N/c1-7-10-12-15-20(4)22(8-2)18-24(9-3)25(6)19-21(5)23-16-13-11-14-17-23/h7,10-17,19,22,24H,1,8-9,18H2,2-6H3/b12-10-,20-15+,21-19+/t22-,24+/m1/s1. The van der Waals surface area contributed by atoms with Crippen molar-refractivity contribution >= 4 is 5.57 Å². The molecular weight excluding hydrogens is 302 g/mol. The third kappa shape index (κ3) is 7.17. The van der Waals surface area contributed by atoms with Gasteiger partial charge < -0.3 is 4.90 Å². The Morgan fingerprint density at radius 3 is 2.32 bits per heavy atom. The van der Waals surface area contributed by atoms with Gasteiger partial charge in [-0.1, -0.05) is 80.6 Å². The third-order valence-corrected chi connectivity index (χ3v) is 4.97. The van der Waals surface area contributed by atoms with E-state index in [0.717, 1.165) is 6.42 Å². The summed E-state index contributed by atoms with van der Waals surface area (Å²) in [5.41, 5.74) is 4.06. The number of benzene rings is 1. The summed E-state index contributed by atoms with van der Waals surface area (Å²) in [6, 6.07) is 11.2. The molecule has 0 aliphatic carbocycles. The van der Waals surface area contributed by atoms with Crippen molar-refractivity contribution in [2.75, 3.05) is 7.05 Å². The van der Waals surface area contributed by atoms with Crippen LogP contribution in [0.5, 0.6) is 0 Å². The smallest absolute Gasteiger partial charge is 0.0284 e. The van der Waals surface area contributed by atoms with E-state index in [1.165, 1.54) is 29.6 Å². The molecule has 1 heteroatoms.